The minimum Gasteiger partial charge on any atom is -0.334 e. The Morgan fingerprint density at radius 3 is 2.44 bits per heavy atom. The van der Waals surface area contributed by atoms with Crippen molar-refractivity contribution < 1.29 is 4.90 Å². The summed E-state index contributed by atoms with van der Waals surface area (Å²) in [4.78, 5) is 1.49. The summed E-state index contributed by atoms with van der Waals surface area (Å²) >= 11 is 0. The molecule has 0 amide bonds. The van der Waals surface area contributed by atoms with Crippen molar-refractivity contribution in [3.8, 4) is 0 Å². The van der Waals surface area contributed by atoms with E-state index in [9.17, 15) is 0 Å². The lowest BCUT2D eigenvalue weighted by molar-refractivity contribution is -0.872. The molecule has 0 saturated heterocycles. The number of hydrogen-bond acceptors (Lipinski definition) is 0. The minimum absolute atomic E-state index is 1.05. The fourth-order valence-electron chi connectivity index (χ4n) is 0.697. The molecule has 0 fully saturated rings. The van der Waals surface area contributed by atoms with Gasteiger partial charge in [-0.1, -0.05) is 12.7 Å². The van der Waals surface area contributed by atoms with E-state index in [-0.39, 0.29) is 0 Å². The van der Waals surface area contributed by atoms with Crippen molar-refractivity contribution in [3.05, 3.63) is 25.3 Å². The Morgan fingerprint density at radius 1 is 1.33 bits per heavy atom. The van der Waals surface area contributed by atoms with E-state index in [0.717, 1.165) is 19.5 Å². The highest BCUT2D eigenvalue weighted by Crippen LogP contribution is 1.69. The van der Waals surface area contributed by atoms with Gasteiger partial charge >= 0.3 is 0 Å². The first-order valence-corrected chi connectivity index (χ1v) is 3.34. The highest BCUT2D eigenvalue weighted by atomic mass is 15.1. The van der Waals surface area contributed by atoms with Crippen LogP contribution < -0.4 is 4.90 Å². The van der Waals surface area contributed by atoms with E-state index in [1.165, 1.54) is 4.90 Å². The van der Waals surface area contributed by atoms with Crippen molar-refractivity contribution >= 4 is 0 Å². The second kappa shape index (κ2) is 5.57. The summed E-state index contributed by atoms with van der Waals surface area (Å²) in [6.07, 6.45) is 4.99. The topological polar surface area (TPSA) is 4.44 Å². The zero-order valence-corrected chi connectivity index (χ0v) is 6.19. The first-order valence-electron chi connectivity index (χ1n) is 3.34. The van der Waals surface area contributed by atoms with Crippen LogP contribution in [0, 0.1) is 0 Å². The van der Waals surface area contributed by atoms with E-state index >= 15 is 0 Å². The zero-order chi connectivity index (χ0) is 7.11. The van der Waals surface area contributed by atoms with Crippen LogP contribution in [-0.2, 0) is 0 Å². The van der Waals surface area contributed by atoms with Gasteiger partial charge in [0.1, 0.15) is 0 Å². The average molecular weight is 126 g/mol. The second-order valence-corrected chi connectivity index (χ2v) is 2.28. The molecule has 1 nitrogen and oxygen atoms in total. The Morgan fingerprint density at radius 2 is 2.00 bits per heavy atom. The lowest BCUT2D eigenvalue weighted by Crippen LogP contribution is -3.08. The molecule has 0 aromatic rings. The monoisotopic (exact) mass is 126 g/mol. The van der Waals surface area contributed by atoms with Crippen LogP contribution in [0.25, 0.3) is 0 Å². The number of hydrogen-bond donors (Lipinski definition) is 1. The average Bonchev–Trinajstić information content (AvgIpc) is 1.85. The third-order valence-corrected chi connectivity index (χ3v) is 1.27. The third kappa shape index (κ3) is 5.31. The second-order valence-electron chi connectivity index (χ2n) is 2.28. The molecule has 0 radical (unpaired) electrons. The number of likely N-dealkylation sites (N-methyl/N-ethyl adjacent to an activating group) is 1. The smallest absolute Gasteiger partial charge is 0.0953 e. The zero-order valence-electron chi connectivity index (χ0n) is 6.19. The summed E-state index contributed by atoms with van der Waals surface area (Å²) in [7, 11) is 2.16. The van der Waals surface area contributed by atoms with E-state index in [1.807, 2.05) is 12.2 Å². The lowest BCUT2D eigenvalue weighted by atomic mass is 10.4. The van der Waals surface area contributed by atoms with Crippen molar-refractivity contribution in [3.63, 3.8) is 0 Å². The lowest BCUT2D eigenvalue weighted by Gasteiger charge is -2.08. The molecule has 0 rings (SSSR count). The van der Waals surface area contributed by atoms with Crippen molar-refractivity contribution in [2.75, 3.05) is 20.1 Å². The van der Waals surface area contributed by atoms with Gasteiger partial charge in [0, 0.05) is 6.42 Å². The molecule has 0 aromatic heterocycles. The number of quaternary nitrogens is 1. The van der Waals surface area contributed by atoms with Gasteiger partial charge in [-0.05, 0) is 6.08 Å². The fourth-order valence-corrected chi connectivity index (χ4v) is 0.697. The standard InChI is InChI=1S/C8H15N/c1-4-6-8-9(3)7-5-2/h4-5H,1-2,6-8H2,3H3/p+1. The number of rotatable bonds is 5. The molecule has 1 heteroatoms. The molecule has 0 spiro atoms. The van der Waals surface area contributed by atoms with Gasteiger partial charge in [-0.15, -0.1) is 6.58 Å². The molecule has 0 aliphatic heterocycles. The van der Waals surface area contributed by atoms with Gasteiger partial charge in [0.05, 0.1) is 20.1 Å². The van der Waals surface area contributed by atoms with Gasteiger partial charge in [-0.25, -0.2) is 0 Å². The van der Waals surface area contributed by atoms with Crippen molar-refractivity contribution in [1.82, 2.24) is 0 Å². The Hall–Kier alpha value is -0.560. The normalized spacial score (nSPS) is 12.6. The van der Waals surface area contributed by atoms with Gasteiger partial charge in [-0.3, -0.25) is 0 Å². The molecule has 9 heavy (non-hydrogen) atoms. The molecule has 1 atom stereocenters. The summed E-state index contributed by atoms with van der Waals surface area (Å²) in [5.41, 5.74) is 0. The molecule has 0 bridgehead atoms. The summed E-state index contributed by atoms with van der Waals surface area (Å²) in [6.45, 7) is 9.53. The first kappa shape index (κ1) is 8.44. The van der Waals surface area contributed by atoms with Crippen LogP contribution in [0.3, 0.4) is 0 Å². The highest BCUT2D eigenvalue weighted by Gasteiger charge is 1.93. The molecule has 1 N–H and O–H groups in total. The quantitative estimate of drug-likeness (QED) is 0.504. The molecule has 0 aliphatic rings. The minimum atomic E-state index is 1.05. The van der Waals surface area contributed by atoms with Crippen LogP contribution in [0.5, 0.6) is 0 Å². The van der Waals surface area contributed by atoms with Crippen LogP contribution in [0.15, 0.2) is 25.3 Å². The molecular formula is C8H16N+. The van der Waals surface area contributed by atoms with E-state index in [1.54, 1.807) is 0 Å². The summed E-state index contributed by atoms with van der Waals surface area (Å²) in [5, 5.41) is 0. The third-order valence-electron chi connectivity index (χ3n) is 1.27. The first-order chi connectivity index (χ1) is 4.31. The van der Waals surface area contributed by atoms with E-state index in [2.05, 4.69) is 20.2 Å². The van der Waals surface area contributed by atoms with Crippen molar-refractivity contribution in [2.24, 2.45) is 0 Å². The summed E-state index contributed by atoms with van der Waals surface area (Å²) < 4.78 is 0. The van der Waals surface area contributed by atoms with Gasteiger partial charge < -0.3 is 4.90 Å². The van der Waals surface area contributed by atoms with Gasteiger partial charge in [0.15, 0.2) is 0 Å². The fraction of sp³-hybridized carbons (Fsp3) is 0.500. The van der Waals surface area contributed by atoms with Crippen molar-refractivity contribution in [2.45, 2.75) is 6.42 Å². The highest BCUT2D eigenvalue weighted by molar-refractivity contribution is 4.66. The predicted octanol–water partition coefficient (Wildman–Crippen LogP) is 0.263. The Bertz CT molecular complexity index is 86.6. The van der Waals surface area contributed by atoms with Gasteiger partial charge in [0.2, 0.25) is 0 Å². The van der Waals surface area contributed by atoms with Crippen molar-refractivity contribution in [1.29, 1.82) is 0 Å². The van der Waals surface area contributed by atoms with Gasteiger partial charge in [0.25, 0.3) is 0 Å². The molecular weight excluding hydrogens is 110 g/mol. The Balaban J connectivity index is 3.14. The molecule has 0 aliphatic carbocycles. The van der Waals surface area contributed by atoms with E-state index < -0.39 is 0 Å². The van der Waals surface area contributed by atoms with E-state index in [0.29, 0.717) is 0 Å². The maximum absolute atomic E-state index is 3.66. The molecule has 0 aromatic carbocycles. The summed E-state index contributed by atoms with van der Waals surface area (Å²) in [6, 6.07) is 0. The molecule has 0 heterocycles. The molecule has 52 valence electrons. The SMILES string of the molecule is C=CCC[NH+](C)CC=C. The van der Waals surface area contributed by atoms with Crippen LogP contribution in [0.2, 0.25) is 0 Å². The molecule has 1 unspecified atom stereocenters. The van der Waals surface area contributed by atoms with E-state index in [4.69, 9.17) is 0 Å². The predicted molar refractivity (Wildman–Crippen MR) is 41.6 cm³/mol. The van der Waals surface area contributed by atoms with Crippen LogP contribution >= 0.6 is 0 Å². The van der Waals surface area contributed by atoms with Crippen LogP contribution in [0.1, 0.15) is 6.42 Å². The maximum atomic E-state index is 3.66. The van der Waals surface area contributed by atoms with Gasteiger partial charge in [-0.2, -0.15) is 0 Å². The Kier molecular flexibility index (Phi) is 5.23. The Labute approximate surface area is 57.7 Å². The maximum Gasteiger partial charge on any atom is 0.0953 e. The summed E-state index contributed by atoms with van der Waals surface area (Å²) in [5.74, 6) is 0. The van der Waals surface area contributed by atoms with Crippen LogP contribution in [-0.4, -0.2) is 20.1 Å². The number of nitrogens with one attached hydrogen (secondary N) is 1. The van der Waals surface area contributed by atoms with Crippen LogP contribution in [0.4, 0.5) is 0 Å². The molecule has 0 saturated carbocycles. The largest absolute Gasteiger partial charge is 0.334 e.